The lowest BCUT2D eigenvalue weighted by atomic mass is 9.94. The summed E-state index contributed by atoms with van der Waals surface area (Å²) in [5, 5.41) is 13.7. The van der Waals surface area contributed by atoms with E-state index in [1.807, 2.05) is 0 Å². The second-order valence-corrected chi connectivity index (χ2v) is 8.03. The highest BCUT2D eigenvalue weighted by Crippen LogP contribution is 2.29. The number of nitrogens with two attached hydrogens (primary N) is 1. The molecule has 1 saturated carbocycles. The average molecular weight is 312 g/mol. The van der Waals surface area contributed by atoms with Crippen molar-refractivity contribution in [1.82, 2.24) is 0 Å². The fourth-order valence-corrected chi connectivity index (χ4v) is 3.41. The molecule has 0 heterocycles. The number of benzene rings is 1. The van der Waals surface area contributed by atoms with E-state index in [-0.39, 0.29) is 4.90 Å². The molecule has 0 radical (unpaired) electrons. The van der Waals surface area contributed by atoms with Crippen LogP contribution in [0.4, 0.5) is 11.4 Å². The Labute approximate surface area is 126 Å². The SMILES string of the molecule is CS(=O)(=O)c1ccc(NCC2(O)CCCCCC2)c(N)c1. The fourth-order valence-electron chi connectivity index (χ4n) is 2.76. The van der Waals surface area contributed by atoms with Gasteiger partial charge in [-0.25, -0.2) is 8.42 Å². The topological polar surface area (TPSA) is 92.4 Å². The summed E-state index contributed by atoms with van der Waals surface area (Å²) >= 11 is 0. The Bertz CT molecular complexity index is 591. The van der Waals surface area contributed by atoms with Gasteiger partial charge in [-0.05, 0) is 31.0 Å². The third kappa shape index (κ3) is 4.35. The molecule has 5 nitrogen and oxygen atoms in total. The Kier molecular flexibility index (Phi) is 4.78. The van der Waals surface area contributed by atoms with Crippen LogP contribution in [0.25, 0.3) is 0 Å². The van der Waals surface area contributed by atoms with Gasteiger partial charge in [0, 0.05) is 12.8 Å². The van der Waals surface area contributed by atoms with Crippen molar-refractivity contribution >= 4 is 21.2 Å². The van der Waals surface area contributed by atoms with Crippen molar-refractivity contribution in [3.8, 4) is 0 Å². The van der Waals surface area contributed by atoms with Crippen molar-refractivity contribution in [2.24, 2.45) is 0 Å². The number of aliphatic hydroxyl groups is 1. The standard InChI is InChI=1S/C15H24N2O3S/c1-21(19,20)12-6-7-14(13(16)10-12)17-11-15(18)8-4-2-3-5-9-15/h6-7,10,17-18H,2-5,8-9,11,16H2,1H3. The van der Waals surface area contributed by atoms with Gasteiger partial charge in [-0.3, -0.25) is 0 Å². The number of nitrogen functional groups attached to an aromatic ring is 1. The number of nitrogens with one attached hydrogen (secondary N) is 1. The zero-order chi connectivity index (χ0) is 15.5. The van der Waals surface area contributed by atoms with Gasteiger partial charge in [0.05, 0.1) is 21.9 Å². The zero-order valence-corrected chi connectivity index (χ0v) is 13.2. The lowest BCUT2D eigenvalue weighted by Gasteiger charge is -2.27. The van der Waals surface area contributed by atoms with Crippen LogP contribution in [0.2, 0.25) is 0 Å². The highest BCUT2D eigenvalue weighted by atomic mass is 32.2. The predicted molar refractivity (Wildman–Crippen MR) is 85.1 cm³/mol. The highest BCUT2D eigenvalue weighted by molar-refractivity contribution is 7.90. The maximum atomic E-state index is 11.5. The smallest absolute Gasteiger partial charge is 0.175 e. The lowest BCUT2D eigenvalue weighted by molar-refractivity contribution is 0.0381. The van der Waals surface area contributed by atoms with Gasteiger partial charge in [0.15, 0.2) is 9.84 Å². The van der Waals surface area contributed by atoms with Crippen LogP contribution in [0.5, 0.6) is 0 Å². The molecule has 1 aromatic rings. The second kappa shape index (κ2) is 6.23. The Morgan fingerprint density at radius 2 is 1.86 bits per heavy atom. The van der Waals surface area contributed by atoms with Crippen molar-refractivity contribution in [3.63, 3.8) is 0 Å². The molecule has 1 aliphatic carbocycles. The van der Waals surface area contributed by atoms with Crippen LogP contribution < -0.4 is 11.1 Å². The van der Waals surface area contributed by atoms with Crippen LogP contribution in [0.1, 0.15) is 38.5 Å². The van der Waals surface area contributed by atoms with Crippen LogP contribution in [-0.4, -0.2) is 31.9 Å². The summed E-state index contributed by atoms with van der Waals surface area (Å²) in [6.45, 7) is 0.440. The van der Waals surface area contributed by atoms with Crippen LogP contribution >= 0.6 is 0 Å². The number of hydrogen-bond acceptors (Lipinski definition) is 5. The Balaban J connectivity index is 2.06. The molecule has 0 aromatic heterocycles. The first-order valence-electron chi connectivity index (χ1n) is 7.36. The number of sulfone groups is 1. The van der Waals surface area contributed by atoms with Gasteiger partial charge < -0.3 is 16.2 Å². The monoisotopic (exact) mass is 312 g/mol. The van der Waals surface area contributed by atoms with Gasteiger partial charge in [0.1, 0.15) is 0 Å². The number of rotatable bonds is 4. The van der Waals surface area contributed by atoms with Gasteiger partial charge in [-0.15, -0.1) is 0 Å². The van der Waals surface area contributed by atoms with Crippen LogP contribution in [-0.2, 0) is 9.84 Å². The summed E-state index contributed by atoms with van der Waals surface area (Å²) in [6, 6.07) is 4.64. The average Bonchev–Trinajstić information content (AvgIpc) is 2.61. The summed E-state index contributed by atoms with van der Waals surface area (Å²) in [5.41, 5.74) is 6.25. The van der Waals surface area contributed by atoms with E-state index in [1.54, 1.807) is 6.07 Å². The molecule has 0 spiro atoms. The lowest BCUT2D eigenvalue weighted by Crippen LogP contribution is -2.36. The van der Waals surface area contributed by atoms with Crippen molar-refractivity contribution in [1.29, 1.82) is 0 Å². The number of anilines is 2. The minimum atomic E-state index is -3.25. The predicted octanol–water partition coefficient (Wildman–Crippen LogP) is 2.17. The molecule has 2 rings (SSSR count). The fraction of sp³-hybridized carbons (Fsp3) is 0.600. The molecule has 1 aromatic carbocycles. The molecule has 118 valence electrons. The molecule has 6 heteroatoms. The third-order valence-corrected chi connectivity index (χ3v) is 5.20. The van der Waals surface area contributed by atoms with Gasteiger partial charge in [0.2, 0.25) is 0 Å². The summed E-state index contributed by atoms with van der Waals surface area (Å²) < 4.78 is 22.9. The van der Waals surface area contributed by atoms with E-state index < -0.39 is 15.4 Å². The summed E-state index contributed by atoms with van der Waals surface area (Å²) in [6.07, 6.45) is 7.17. The minimum Gasteiger partial charge on any atom is -0.397 e. The largest absolute Gasteiger partial charge is 0.397 e. The molecule has 21 heavy (non-hydrogen) atoms. The van der Waals surface area contributed by atoms with Crippen LogP contribution in [0.3, 0.4) is 0 Å². The molecule has 1 fully saturated rings. The molecule has 0 unspecified atom stereocenters. The maximum Gasteiger partial charge on any atom is 0.175 e. The zero-order valence-electron chi connectivity index (χ0n) is 12.4. The quantitative estimate of drug-likeness (QED) is 0.585. The Morgan fingerprint density at radius 3 is 2.38 bits per heavy atom. The first-order valence-corrected chi connectivity index (χ1v) is 9.25. The van der Waals surface area contributed by atoms with E-state index in [9.17, 15) is 13.5 Å². The van der Waals surface area contributed by atoms with E-state index in [2.05, 4.69) is 5.32 Å². The van der Waals surface area contributed by atoms with E-state index in [0.717, 1.165) is 31.9 Å². The van der Waals surface area contributed by atoms with Gasteiger partial charge in [-0.1, -0.05) is 25.7 Å². The van der Waals surface area contributed by atoms with E-state index in [4.69, 9.17) is 5.73 Å². The minimum absolute atomic E-state index is 0.207. The molecule has 0 amide bonds. The van der Waals surface area contributed by atoms with E-state index in [1.165, 1.54) is 25.0 Å². The molecule has 4 N–H and O–H groups in total. The second-order valence-electron chi connectivity index (χ2n) is 6.01. The van der Waals surface area contributed by atoms with Crippen LogP contribution in [0, 0.1) is 0 Å². The van der Waals surface area contributed by atoms with E-state index in [0.29, 0.717) is 17.9 Å². The normalized spacial score (nSPS) is 19.0. The molecular formula is C15H24N2O3S. The molecule has 0 atom stereocenters. The Hall–Kier alpha value is -1.27. The molecule has 1 aliphatic rings. The molecule has 0 saturated heterocycles. The van der Waals surface area contributed by atoms with Crippen molar-refractivity contribution in [3.05, 3.63) is 18.2 Å². The van der Waals surface area contributed by atoms with Gasteiger partial charge in [-0.2, -0.15) is 0 Å². The van der Waals surface area contributed by atoms with Crippen LogP contribution in [0.15, 0.2) is 23.1 Å². The van der Waals surface area contributed by atoms with Gasteiger partial charge in [0.25, 0.3) is 0 Å². The summed E-state index contributed by atoms with van der Waals surface area (Å²) in [5.74, 6) is 0. The van der Waals surface area contributed by atoms with Crippen molar-refractivity contribution < 1.29 is 13.5 Å². The van der Waals surface area contributed by atoms with E-state index >= 15 is 0 Å². The highest BCUT2D eigenvalue weighted by Gasteiger charge is 2.27. The summed E-state index contributed by atoms with van der Waals surface area (Å²) in [4.78, 5) is 0.207. The van der Waals surface area contributed by atoms with Crippen molar-refractivity contribution in [2.75, 3.05) is 23.9 Å². The third-order valence-electron chi connectivity index (χ3n) is 4.09. The van der Waals surface area contributed by atoms with Gasteiger partial charge >= 0.3 is 0 Å². The first kappa shape index (κ1) is 16.1. The molecule has 0 aliphatic heterocycles. The molecular weight excluding hydrogens is 288 g/mol. The molecule has 0 bridgehead atoms. The Morgan fingerprint density at radius 1 is 1.24 bits per heavy atom. The van der Waals surface area contributed by atoms with Crippen molar-refractivity contribution in [2.45, 2.75) is 49.0 Å². The summed E-state index contributed by atoms with van der Waals surface area (Å²) in [7, 11) is -3.25. The first-order chi connectivity index (χ1) is 9.80. The maximum absolute atomic E-state index is 11.5. The number of hydrogen-bond donors (Lipinski definition) is 3.